The van der Waals surface area contributed by atoms with Crippen molar-refractivity contribution in [1.82, 2.24) is 0 Å². The predicted molar refractivity (Wildman–Crippen MR) is 70.3 cm³/mol. The molecule has 0 bridgehead atoms. The number of ether oxygens (including phenoxy) is 1. The molecule has 0 aromatic rings. The Balaban J connectivity index is 2.08. The van der Waals surface area contributed by atoms with Crippen molar-refractivity contribution in [3.8, 4) is 11.8 Å². The van der Waals surface area contributed by atoms with E-state index in [1.54, 1.807) is 13.4 Å². The van der Waals surface area contributed by atoms with Gasteiger partial charge in [0.2, 0.25) is 0 Å². The third-order valence-corrected chi connectivity index (χ3v) is 3.15. The lowest BCUT2D eigenvalue weighted by Gasteiger charge is -2.00. The van der Waals surface area contributed by atoms with Gasteiger partial charge in [-0.3, -0.25) is 0 Å². The van der Waals surface area contributed by atoms with Crippen LogP contribution < -0.4 is 0 Å². The second-order valence-electron chi connectivity index (χ2n) is 4.76. The second kappa shape index (κ2) is 8.20. The smallest absolute Gasteiger partial charge is 0.114 e. The van der Waals surface area contributed by atoms with E-state index in [1.807, 2.05) is 0 Å². The van der Waals surface area contributed by atoms with Gasteiger partial charge < -0.3 is 9.84 Å². The van der Waals surface area contributed by atoms with Gasteiger partial charge in [-0.1, -0.05) is 25.7 Å². The van der Waals surface area contributed by atoms with Crippen molar-refractivity contribution in [2.75, 3.05) is 7.11 Å². The van der Waals surface area contributed by atoms with Crippen molar-refractivity contribution < 1.29 is 9.84 Å². The van der Waals surface area contributed by atoms with E-state index in [2.05, 4.69) is 24.8 Å². The highest BCUT2D eigenvalue weighted by Gasteiger charge is 2.33. The summed E-state index contributed by atoms with van der Waals surface area (Å²) < 4.78 is 4.88. The van der Waals surface area contributed by atoms with Crippen LogP contribution in [0.5, 0.6) is 0 Å². The molecule has 96 valence electrons. The number of hydrogen-bond donors (Lipinski definition) is 1. The van der Waals surface area contributed by atoms with Crippen LogP contribution in [0.4, 0.5) is 0 Å². The van der Waals surface area contributed by atoms with E-state index in [0.29, 0.717) is 11.8 Å². The lowest BCUT2D eigenvalue weighted by Crippen LogP contribution is -2.02. The quantitative estimate of drug-likeness (QED) is 0.418. The molecule has 0 radical (unpaired) electrons. The summed E-state index contributed by atoms with van der Waals surface area (Å²) in [6.07, 6.45) is 9.81. The van der Waals surface area contributed by atoms with Crippen LogP contribution in [0.25, 0.3) is 0 Å². The fraction of sp³-hybridized carbons (Fsp3) is 0.733. The van der Waals surface area contributed by atoms with Crippen LogP contribution in [0.15, 0.2) is 12.3 Å². The molecule has 1 rings (SSSR count). The van der Waals surface area contributed by atoms with Gasteiger partial charge in [-0.25, -0.2) is 0 Å². The van der Waals surface area contributed by atoms with E-state index in [1.165, 1.54) is 19.3 Å². The first-order chi connectivity index (χ1) is 8.27. The summed E-state index contributed by atoms with van der Waals surface area (Å²) in [6.45, 7) is 2.17. The average molecular weight is 236 g/mol. The van der Waals surface area contributed by atoms with Crippen molar-refractivity contribution in [2.24, 2.45) is 11.8 Å². The summed E-state index contributed by atoms with van der Waals surface area (Å²) in [5, 5.41) is 9.61. The maximum absolute atomic E-state index is 9.61. The average Bonchev–Trinajstić information content (AvgIpc) is 3.05. The van der Waals surface area contributed by atoms with Crippen LogP contribution in [0, 0.1) is 23.7 Å². The zero-order valence-corrected chi connectivity index (χ0v) is 11.0. The van der Waals surface area contributed by atoms with Crippen LogP contribution in [0.3, 0.4) is 0 Å². The molecular formula is C15H24O2. The minimum absolute atomic E-state index is 0.423. The van der Waals surface area contributed by atoms with E-state index in [-0.39, 0.29) is 0 Å². The molecular weight excluding hydrogens is 212 g/mol. The topological polar surface area (TPSA) is 29.5 Å². The molecule has 17 heavy (non-hydrogen) atoms. The largest absolute Gasteiger partial charge is 0.505 e. The highest BCUT2D eigenvalue weighted by Crippen LogP contribution is 2.41. The molecule has 1 aliphatic carbocycles. The normalized spacial score (nSPS) is 24.2. The van der Waals surface area contributed by atoms with Gasteiger partial charge in [-0.2, -0.15) is 0 Å². The molecule has 3 atom stereocenters. The lowest BCUT2D eigenvalue weighted by molar-refractivity contribution is 0.217. The number of aliphatic hydroxyl groups excluding tert-OH is 1. The van der Waals surface area contributed by atoms with Gasteiger partial charge in [-0.15, -0.1) is 5.92 Å². The third kappa shape index (κ3) is 6.38. The molecule has 0 saturated heterocycles. The molecule has 1 fully saturated rings. The molecule has 1 N–H and O–H groups in total. The Hall–Kier alpha value is -0.940. The highest BCUT2D eigenvalue weighted by atomic mass is 16.5. The Bertz CT molecular complexity index is 285. The summed E-state index contributed by atoms with van der Waals surface area (Å²) in [4.78, 5) is 0. The SMILES string of the molecule is CCCCCC(O)C#CC[C@H]1C[C@H]1/C=C/OC. The fourth-order valence-electron chi connectivity index (χ4n) is 1.89. The maximum atomic E-state index is 9.61. The molecule has 1 aliphatic rings. The van der Waals surface area contributed by atoms with Crippen molar-refractivity contribution in [2.45, 2.75) is 51.6 Å². The summed E-state index contributed by atoms with van der Waals surface area (Å²) in [6, 6.07) is 0. The molecule has 2 heteroatoms. The van der Waals surface area contributed by atoms with E-state index < -0.39 is 6.10 Å². The first-order valence-corrected chi connectivity index (χ1v) is 6.63. The van der Waals surface area contributed by atoms with Crippen molar-refractivity contribution in [3.05, 3.63) is 12.3 Å². The standard InChI is InChI=1S/C15H24O2/c1-3-4-5-8-15(16)9-6-7-13-12-14(13)10-11-17-2/h10-11,13-16H,3-5,7-8,12H2,1-2H3/b11-10+/t13-,14+,15?/m0/s1. The lowest BCUT2D eigenvalue weighted by atomic mass is 10.1. The summed E-state index contributed by atoms with van der Waals surface area (Å²) >= 11 is 0. The van der Waals surface area contributed by atoms with Crippen molar-refractivity contribution >= 4 is 0 Å². The van der Waals surface area contributed by atoms with Gasteiger partial charge >= 0.3 is 0 Å². The molecule has 0 aliphatic heterocycles. The summed E-state index contributed by atoms with van der Waals surface area (Å²) in [5.74, 6) is 7.36. The molecule has 0 aromatic carbocycles. The van der Waals surface area contributed by atoms with Gasteiger partial charge in [-0.05, 0) is 37.2 Å². The van der Waals surface area contributed by atoms with Gasteiger partial charge in [0.25, 0.3) is 0 Å². The van der Waals surface area contributed by atoms with Crippen LogP contribution >= 0.6 is 0 Å². The summed E-state index contributed by atoms with van der Waals surface area (Å²) in [5.41, 5.74) is 0. The Kier molecular flexibility index (Phi) is 6.81. The highest BCUT2D eigenvalue weighted by molar-refractivity contribution is 5.10. The molecule has 1 saturated carbocycles. The zero-order valence-electron chi connectivity index (χ0n) is 11.0. The van der Waals surface area contributed by atoms with Gasteiger partial charge in [0.15, 0.2) is 0 Å². The molecule has 0 spiro atoms. The van der Waals surface area contributed by atoms with Gasteiger partial charge in [0, 0.05) is 6.42 Å². The van der Waals surface area contributed by atoms with Crippen LogP contribution in [-0.2, 0) is 4.74 Å². The molecule has 2 nitrogen and oxygen atoms in total. The maximum Gasteiger partial charge on any atom is 0.114 e. The Morgan fingerprint density at radius 3 is 3.00 bits per heavy atom. The Morgan fingerprint density at radius 2 is 2.29 bits per heavy atom. The zero-order chi connectivity index (χ0) is 12.5. The number of aliphatic hydroxyl groups is 1. The number of unbranched alkanes of at least 4 members (excludes halogenated alkanes) is 2. The monoisotopic (exact) mass is 236 g/mol. The van der Waals surface area contributed by atoms with Crippen LogP contribution in [-0.4, -0.2) is 18.3 Å². The minimum atomic E-state index is -0.423. The van der Waals surface area contributed by atoms with Gasteiger partial charge in [0.1, 0.15) is 6.10 Å². The first-order valence-electron chi connectivity index (χ1n) is 6.63. The fourth-order valence-corrected chi connectivity index (χ4v) is 1.89. The number of allylic oxidation sites excluding steroid dienone is 1. The number of hydrogen-bond acceptors (Lipinski definition) is 2. The third-order valence-electron chi connectivity index (χ3n) is 3.15. The molecule has 0 heterocycles. The minimum Gasteiger partial charge on any atom is -0.505 e. The molecule has 0 aromatic heterocycles. The van der Waals surface area contributed by atoms with Gasteiger partial charge in [0.05, 0.1) is 13.4 Å². The van der Waals surface area contributed by atoms with E-state index in [4.69, 9.17) is 4.74 Å². The van der Waals surface area contributed by atoms with E-state index in [9.17, 15) is 5.11 Å². The molecule has 0 amide bonds. The Morgan fingerprint density at radius 1 is 1.47 bits per heavy atom. The second-order valence-corrected chi connectivity index (χ2v) is 4.76. The van der Waals surface area contributed by atoms with Crippen molar-refractivity contribution in [1.29, 1.82) is 0 Å². The van der Waals surface area contributed by atoms with E-state index in [0.717, 1.165) is 19.3 Å². The Labute approximate surface area is 105 Å². The van der Waals surface area contributed by atoms with Crippen molar-refractivity contribution in [3.63, 3.8) is 0 Å². The van der Waals surface area contributed by atoms with E-state index >= 15 is 0 Å². The first kappa shape index (κ1) is 14.1. The summed E-state index contributed by atoms with van der Waals surface area (Å²) in [7, 11) is 1.67. The van der Waals surface area contributed by atoms with Crippen LogP contribution in [0.2, 0.25) is 0 Å². The predicted octanol–water partition coefficient (Wildman–Crippen LogP) is 3.12. The number of methoxy groups -OCH3 is 1. The number of rotatable bonds is 7. The molecule has 1 unspecified atom stereocenters. The van der Waals surface area contributed by atoms with Crippen LogP contribution in [0.1, 0.15) is 45.4 Å².